The van der Waals surface area contributed by atoms with E-state index < -0.39 is 23.9 Å². The molecule has 1 aliphatic carbocycles. The van der Waals surface area contributed by atoms with Crippen LogP contribution in [0.2, 0.25) is 0 Å². The van der Waals surface area contributed by atoms with Crippen LogP contribution in [0.3, 0.4) is 0 Å². The average molecular weight is 396 g/mol. The summed E-state index contributed by atoms with van der Waals surface area (Å²) in [5, 5.41) is 27.8. The average Bonchev–Trinajstić information content (AvgIpc) is 3.02. The summed E-state index contributed by atoms with van der Waals surface area (Å²) < 4.78 is 5.30. The van der Waals surface area contributed by atoms with Gasteiger partial charge in [-0.05, 0) is 53.6 Å². The molecule has 1 aliphatic rings. The first-order valence-electron chi connectivity index (χ1n) is 9.91. The van der Waals surface area contributed by atoms with E-state index in [1.165, 1.54) is 0 Å². The molecule has 0 aliphatic heterocycles. The fraction of sp³-hybridized carbons (Fsp3) is 0.391. The van der Waals surface area contributed by atoms with Crippen molar-refractivity contribution in [3.63, 3.8) is 0 Å². The lowest BCUT2D eigenvalue weighted by molar-refractivity contribution is -0.144. The highest BCUT2D eigenvalue weighted by Crippen LogP contribution is 2.42. The molecule has 0 bridgehead atoms. The Morgan fingerprint density at radius 1 is 1.24 bits per heavy atom. The number of nitrogens with one attached hydrogen (secondary N) is 1. The monoisotopic (exact) mass is 396 g/mol. The number of fused-ring (bicyclic) bond motifs is 1. The number of aliphatic hydroxyl groups excluding tert-OH is 1. The van der Waals surface area contributed by atoms with E-state index in [1.807, 2.05) is 42.5 Å². The zero-order valence-corrected chi connectivity index (χ0v) is 16.6. The van der Waals surface area contributed by atoms with Crippen LogP contribution < -0.4 is 10.5 Å². The molecule has 3 atom stereocenters. The molecule has 0 aromatic heterocycles. The van der Waals surface area contributed by atoms with Crippen LogP contribution in [-0.4, -0.2) is 35.2 Å². The molecular weight excluding hydrogens is 368 g/mol. The zero-order valence-electron chi connectivity index (χ0n) is 16.6. The number of carboxylic acid groups (broad SMARTS) is 1. The van der Waals surface area contributed by atoms with Gasteiger partial charge in [0.05, 0.1) is 25.0 Å². The molecule has 2 aromatic rings. The molecule has 0 fully saturated rings. The van der Waals surface area contributed by atoms with Gasteiger partial charge in [0.15, 0.2) is 0 Å². The highest BCUT2D eigenvalue weighted by atomic mass is 16.5. The summed E-state index contributed by atoms with van der Waals surface area (Å²) in [4.78, 5) is 11.9. The van der Waals surface area contributed by atoms with Crippen LogP contribution in [-0.2, 0) is 11.2 Å². The Hall–Kier alpha value is -2.86. The van der Waals surface area contributed by atoms with E-state index in [2.05, 4.69) is 0 Å². The predicted octanol–water partition coefficient (Wildman–Crippen LogP) is 3.56. The maximum Gasteiger partial charge on any atom is 0.307 e. The minimum absolute atomic E-state index is 0.119. The number of ether oxygens (including phenoxy) is 1. The molecule has 154 valence electrons. The molecule has 0 amide bonds. The summed E-state index contributed by atoms with van der Waals surface area (Å²) in [6.07, 6.45) is 2.02. The van der Waals surface area contributed by atoms with Crippen molar-refractivity contribution >= 4 is 11.8 Å². The lowest BCUT2D eigenvalue weighted by atomic mass is 9.82. The van der Waals surface area contributed by atoms with Gasteiger partial charge in [0.25, 0.3) is 0 Å². The standard InChI is InChI=1S/C23H28N2O4/c1-29-17-6-4-5-14(12-17)15-9-10-18-16(11-15)13-20(26)22(18)19(23(27)28)7-2-3-8-21(24)25/h4-6,9-12,19-20,22,26H,2-3,7-8,13H2,1H3,(H3,24,25)(H,27,28). The first-order chi connectivity index (χ1) is 13.9. The number of carboxylic acids is 1. The third kappa shape index (κ3) is 4.77. The summed E-state index contributed by atoms with van der Waals surface area (Å²) in [6.45, 7) is 0. The Bertz CT molecular complexity index is 896. The van der Waals surface area contributed by atoms with E-state index in [0.717, 1.165) is 28.0 Å². The van der Waals surface area contributed by atoms with Crippen molar-refractivity contribution in [3.8, 4) is 16.9 Å². The van der Waals surface area contributed by atoms with Gasteiger partial charge in [-0.3, -0.25) is 10.2 Å². The van der Waals surface area contributed by atoms with Crippen molar-refractivity contribution in [3.05, 3.63) is 53.6 Å². The quantitative estimate of drug-likeness (QED) is 0.294. The summed E-state index contributed by atoms with van der Waals surface area (Å²) in [5.41, 5.74) is 9.33. The Morgan fingerprint density at radius 2 is 2.00 bits per heavy atom. The van der Waals surface area contributed by atoms with Crippen molar-refractivity contribution in [2.75, 3.05) is 7.11 Å². The largest absolute Gasteiger partial charge is 0.497 e. The lowest BCUT2D eigenvalue weighted by Crippen LogP contribution is -2.28. The summed E-state index contributed by atoms with van der Waals surface area (Å²) >= 11 is 0. The number of amidine groups is 1. The van der Waals surface area contributed by atoms with E-state index in [0.29, 0.717) is 32.1 Å². The van der Waals surface area contributed by atoms with Gasteiger partial charge >= 0.3 is 5.97 Å². The van der Waals surface area contributed by atoms with Gasteiger partial charge in [0, 0.05) is 12.3 Å². The smallest absolute Gasteiger partial charge is 0.307 e. The fourth-order valence-electron chi connectivity index (χ4n) is 4.27. The number of hydrogen-bond acceptors (Lipinski definition) is 4. The van der Waals surface area contributed by atoms with Crippen LogP contribution in [0.15, 0.2) is 42.5 Å². The third-order valence-corrected chi connectivity index (χ3v) is 5.71. The van der Waals surface area contributed by atoms with Gasteiger partial charge in [0.2, 0.25) is 0 Å². The molecular formula is C23H28N2O4. The molecule has 29 heavy (non-hydrogen) atoms. The van der Waals surface area contributed by atoms with Gasteiger partial charge < -0.3 is 20.7 Å². The number of benzene rings is 2. The molecule has 5 N–H and O–H groups in total. The summed E-state index contributed by atoms with van der Waals surface area (Å²) in [6, 6.07) is 13.8. The topological polar surface area (TPSA) is 117 Å². The van der Waals surface area contributed by atoms with E-state index in [9.17, 15) is 15.0 Å². The van der Waals surface area contributed by atoms with Crippen molar-refractivity contribution in [2.24, 2.45) is 11.7 Å². The Balaban J connectivity index is 1.82. The molecule has 0 saturated heterocycles. The molecule has 2 aromatic carbocycles. The van der Waals surface area contributed by atoms with Gasteiger partial charge in [-0.1, -0.05) is 36.8 Å². The molecule has 0 saturated carbocycles. The first-order valence-corrected chi connectivity index (χ1v) is 9.91. The highest BCUT2D eigenvalue weighted by Gasteiger charge is 2.40. The lowest BCUT2D eigenvalue weighted by Gasteiger charge is -2.24. The minimum Gasteiger partial charge on any atom is -0.497 e. The second-order valence-corrected chi connectivity index (χ2v) is 7.66. The van der Waals surface area contributed by atoms with Gasteiger partial charge in [0.1, 0.15) is 5.75 Å². The SMILES string of the molecule is COc1cccc(-c2ccc3c(c2)CC(O)C3C(CCCCC(=N)N)C(=O)O)c1. The highest BCUT2D eigenvalue weighted by molar-refractivity contribution is 5.76. The van der Waals surface area contributed by atoms with Crippen LogP contribution in [0, 0.1) is 11.3 Å². The Kier molecular flexibility index (Phi) is 6.54. The molecule has 6 nitrogen and oxygen atoms in total. The molecule has 0 radical (unpaired) electrons. The van der Waals surface area contributed by atoms with Crippen LogP contribution in [0.1, 0.15) is 42.7 Å². The van der Waals surface area contributed by atoms with Crippen molar-refractivity contribution in [1.82, 2.24) is 0 Å². The molecule has 3 rings (SSSR count). The van der Waals surface area contributed by atoms with E-state index in [4.69, 9.17) is 15.9 Å². The second kappa shape index (κ2) is 9.09. The first kappa shape index (κ1) is 20.9. The van der Waals surface area contributed by atoms with E-state index in [-0.39, 0.29) is 5.84 Å². The predicted molar refractivity (Wildman–Crippen MR) is 112 cm³/mol. The second-order valence-electron chi connectivity index (χ2n) is 7.66. The Morgan fingerprint density at radius 3 is 2.69 bits per heavy atom. The third-order valence-electron chi connectivity index (χ3n) is 5.71. The van der Waals surface area contributed by atoms with Crippen LogP contribution in [0.25, 0.3) is 11.1 Å². The number of hydrogen-bond donors (Lipinski definition) is 4. The van der Waals surface area contributed by atoms with E-state index in [1.54, 1.807) is 7.11 Å². The fourth-order valence-corrected chi connectivity index (χ4v) is 4.27. The van der Waals surface area contributed by atoms with Crippen LogP contribution >= 0.6 is 0 Å². The van der Waals surface area contributed by atoms with Crippen LogP contribution in [0.5, 0.6) is 5.75 Å². The number of aliphatic hydroxyl groups is 1. The molecule has 0 heterocycles. The van der Waals surface area contributed by atoms with Crippen molar-refractivity contribution < 1.29 is 19.7 Å². The number of unbranched alkanes of at least 4 members (excludes halogenated alkanes) is 1. The minimum atomic E-state index is -0.887. The van der Waals surface area contributed by atoms with Crippen molar-refractivity contribution in [1.29, 1.82) is 5.41 Å². The number of rotatable bonds is 9. The van der Waals surface area contributed by atoms with Gasteiger partial charge in [-0.15, -0.1) is 0 Å². The van der Waals surface area contributed by atoms with Crippen LogP contribution in [0.4, 0.5) is 0 Å². The van der Waals surface area contributed by atoms with E-state index >= 15 is 0 Å². The number of carbonyl (C=O) groups is 1. The number of nitrogens with two attached hydrogens (primary N) is 1. The number of aliphatic carboxylic acids is 1. The van der Waals surface area contributed by atoms with Gasteiger partial charge in [-0.25, -0.2) is 0 Å². The Labute approximate surface area is 170 Å². The molecule has 0 spiro atoms. The maximum absolute atomic E-state index is 11.9. The summed E-state index contributed by atoms with van der Waals surface area (Å²) in [7, 11) is 1.63. The summed E-state index contributed by atoms with van der Waals surface area (Å²) in [5.74, 6) is -1.06. The zero-order chi connectivity index (χ0) is 21.0. The number of methoxy groups -OCH3 is 1. The van der Waals surface area contributed by atoms with Crippen molar-refractivity contribution in [2.45, 2.75) is 44.1 Å². The molecule has 6 heteroatoms. The normalized spacial score (nSPS) is 18.8. The molecule has 3 unspecified atom stereocenters. The maximum atomic E-state index is 11.9. The van der Waals surface area contributed by atoms with Gasteiger partial charge in [-0.2, -0.15) is 0 Å².